The molecule has 3 rings (SSSR count). The Balaban J connectivity index is 1.90. The van der Waals surface area contributed by atoms with E-state index in [4.69, 9.17) is 0 Å². The summed E-state index contributed by atoms with van der Waals surface area (Å²) in [7, 11) is 3.07. The second-order valence-electron chi connectivity index (χ2n) is 7.13. The maximum atomic E-state index is 12.7. The molecule has 0 atom stereocenters. The number of carbonyl (C=O) groups is 1. The number of fused-ring (bicyclic) bond motifs is 1. The van der Waals surface area contributed by atoms with Gasteiger partial charge in [-0.25, -0.2) is 9.78 Å². The number of thioether (sulfide) groups is 1. The summed E-state index contributed by atoms with van der Waals surface area (Å²) in [6.45, 7) is 4.71. The highest BCUT2D eigenvalue weighted by molar-refractivity contribution is 7.99. The van der Waals surface area contributed by atoms with Crippen LogP contribution < -0.4 is 16.6 Å². The molecule has 3 aromatic rings. The number of unbranched alkanes of at least 4 members (excludes halogenated alkanes) is 1. The van der Waals surface area contributed by atoms with Crippen molar-refractivity contribution < 1.29 is 4.79 Å². The molecule has 1 N–H and O–H groups in total. The van der Waals surface area contributed by atoms with Gasteiger partial charge in [-0.2, -0.15) is 0 Å². The van der Waals surface area contributed by atoms with Crippen molar-refractivity contribution in [3.63, 3.8) is 0 Å². The zero-order chi connectivity index (χ0) is 21.8. The number of hydrogen-bond donors (Lipinski definition) is 1. The highest BCUT2D eigenvalue weighted by Crippen LogP contribution is 2.23. The third-order valence-corrected chi connectivity index (χ3v) is 6.03. The van der Waals surface area contributed by atoms with E-state index < -0.39 is 5.69 Å². The fourth-order valence-corrected chi connectivity index (χ4v) is 4.15. The molecule has 0 aliphatic heterocycles. The number of aromatic nitrogens is 4. The van der Waals surface area contributed by atoms with Crippen LogP contribution in [0.25, 0.3) is 11.2 Å². The first kappa shape index (κ1) is 21.9. The second kappa shape index (κ2) is 9.34. The maximum Gasteiger partial charge on any atom is 0.332 e. The Hall–Kier alpha value is -2.81. The molecule has 0 spiro atoms. The summed E-state index contributed by atoms with van der Waals surface area (Å²) in [5.41, 5.74) is 1.83. The van der Waals surface area contributed by atoms with E-state index in [2.05, 4.69) is 17.2 Å². The Labute approximate surface area is 178 Å². The van der Waals surface area contributed by atoms with Gasteiger partial charge in [-0.1, -0.05) is 50.2 Å². The number of anilines is 1. The minimum atomic E-state index is -0.418. The molecule has 2 heterocycles. The second-order valence-corrected chi connectivity index (χ2v) is 8.07. The summed E-state index contributed by atoms with van der Waals surface area (Å²) in [6, 6.07) is 7.72. The standard InChI is InChI=1S/C21H27N5O3S/c1-5-7-12-26-17-18(24(3)21(29)25(4)19(17)28)23-20(26)30-13-16(27)22-15-11-9-8-10-14(15)6-2/h8-11H,5-7,12-13H2,1-4H3,(H,22,27). The predicted octanol–water partition coefficient (Wildman–Crippen LogP) is 2.53. The van der Waals surface area contributed by atoms with Crippen molar-refractivity contribution in [2.75, 3.05) is 11.1 Å². The molecule has 2 aromatic heterocycles. The van der Waals surface area contributed by atoms with Crippen molar-refractivity contribution in [2.24, 2.45) is 14.1 Å². The van der Waals surface area contributed by atoms with Gasteiger partial charge in [0.1, 0.15) is 0 Å². The van der Waals surface area contributed by atoms with Gasteiger partial charge in [0.2, 0.25) is 5.91 Å². The molecule has 160 valence electrons. The van der Waals surface area contributed by atoms with Crippen LogP contribution in [0, 0.1) is 0 Å². The minimum absolute atomic E-state index is 0.142. The third-order valence-electron chi connectivity index (χ3n) is 5.05. The average molecular weight is 430 g/mol. The van der Waals surface area contributed by atoms with Crippen LogP contribution in [0.1, 0.15) is 32.3 Å². The number of carbonyl (C=O) groups excluding carboxylic acids is 1. The highest BCUT2D eigenvalue weighted by atomic mass is 32.2. The Kier molecular flexibility index (Phi) is 6.81. The average Bonchev–Trinajstić information content (AvgIpc) is 3.12. The first-order valence-corrected chi connectivity index (χ1v) is 11.0. The zero-order valence-corrected chi connectivity index (χ0v) is 18.6. The van der Waals surface area contributed by atoms with Crippen LogP contribution in [-0.2, 0) is 31.9 Å². The lowest BCUT2D eigenvalue weighted by Crippen LogP contribution is -2.37. The van der Waals surface area contributed by atoms with Gasteiger partial charge in [0.15, 0.2) is 16.3 Å². The Morgan fingerprint density at radius 3 is 2.57 bits per heavy atom. The third kappa shape index (κ3) is 4.21. The number of para-hydroxylation sites is 1. The van der Waals surface area contributed by atoms with E-state index in [0.29, 0.717) is 22.9 Å². The van der Waals surface area contributed by atoms with Crippen molar-refractivity contribution in [3.05, 3.63) is 50.7 Å². The zero-order valence-electron chi connectivity index (χ0n) is 17.8. The molecule has 0 fully saturated rings. The molecule has 8 nitrogen and oxygen atoms in total. The smallest absolute Gasteiger partial charge is 0.325 e. The molecule has 0 aliphatic carbocycles. The van der Waals surface area contributed by atoms with Crippen LogP contribution in [-0.4, -0.2) is 30.3 Å². The van der Waals surface area contributed by atoms with Crippen molar-refractivity contribution in [2.45, 2.75) is 44.8 Å². The van der Waals surface area contributed by atoms with Gasteiger partial charge < -0.3 is 9.88 Å². The van der Waals surface area contributed by atoms with Crippen molar-refractivity contribution in [3.8, 4) is 0 Å². The minimum Gasteiger partial charge on any atom is -0.325 e. The summed E-state index contributed by atoms with van der Waals surface area (Å²) in [4.78, 5) is 42.1. The lowest BCUT2D eigenvalue weighted by molar-refractivity contribution is -0.113. The Morgan fingerprint density at radius 1 is 1.13 bits per heavy atom. The van der Waals surface area contributed by atoms with Gasteiger partial charge in [-0.3, -0.25) is 18.7 Å². The van der Waals surface area contributed by atoms with E-state index in [0.717, 1.165) is 35.1 Å². The van der Waals surface area contributed by atoms with Crippen molar-refractivity contribution in [1.29, 1.82) is 0 Å². The van der Waals surface area contributed by atoms with Crippen LogP contribution in [0.15, 0.2) is 39.0 Å². The van der Waals surface area contributed by atoms with Gasteiger partial charge in [-0.05, 0) is 24.5 Å². The fourth-order valence-electron chi connectivity index (χ4n) is 3.33. The number of amides is 1. The predicted molar refractivity (Wildman–Crippen MR) is 120 cm³/mol. The molecule has 30 heavy (non-hydrogen) atoms. The quantitative estimate of drug-likeness (QED) is 0.556. The van der Waals surface area contributed by atoms with E-state index in [-0.39, 0.29) is 17.2 Å². The first-order valence-electron chi connectivity index (χ1n) is 10.1. The molecule has 1 aromatic carbocycles. The number of hydrogen-bond acceptors (Lipinski definition) is 5. The summed E-state index contributed by atoms with van der Waals surface area (Å²) in [5, 5.41) is 3.52. The molecular formula is C21H27N5O3S. The highest BCUT2D eigenvalue weighted by Gasteiger charge is 2.20. The van der Waals surface area contributed by atoms with Crippen LogP contribution in [0.2, 0.25) is 0 Å². The molecule has 0 unspecified atom stereocenters. The van der Waals surface area contributed by atoms with Gasteiger partial charge >= 0.3 is 5.69 Å². The SMILES string of the molecule is CCCCn1c(SCC(=O)Nc2ccccc2CC)nc2c1c(=O)n(C)c(=O)n2C. The van der Waals surface area contributed by atoms with Crippen molar-refractivity contribution in [1.82, 2.24) is 18.7 Å². The monoisotopic (exact) mass is 429 g/mol. The maximum absolute atomic E-state index is 12.7. The molecular weight excluding hydrogens is 402 g/mol. The van der Waals surface area contributed by atoms with Gasteiger partial charge in [0.05, 0.1) is 5.75 Å². The number of nitrogens with one attached hydrogen (secondary N) is 1. The molecule has 0 bridgehead atoms. The number of aryl methyl sites for hydroxylation is 3. The summed E-state index contributed by atoms with van der Waals surface area (Å²) in [5.74, 6) is 0.0127. The Bertz CT molecular complexity index is 1190. The topological polar surface area (TPSA) is 90.9 Å². The van der Waals surface area contributed by atoms with Crippen LogP contribution in [0.3, 0.4) is 0 Å². The Morgan fingerprint density at radius 2 is 1.87 bits per heavy atom. The van der Waals surface area contributed by atoms with E-state index in [1.54, 1.807) is 7.05 Å². The van der Waals surface area contributed by atoms with E-state index in [1.807, 2.05) is 35.8 Å². The van der Waals surface area contributed by atoms with Crippen LogP contribution in [0.4, 0.5) is 5.69 Å². The lowest BCUT2D eigenvalue weighted by Gasteiger charge is -2.10. The van der Waals surface area contributed by atoms with Gasteiger partial charge in [-0.15, -0.1) is 0 Å². The van der Waals surface area contributed by atoms with Crippen LogP contribution in [0.5, 0.6) is 0 Å². The van der Waals surface area contributed by atoms with Gasteiger partial charge in [0, 0.05) is 26.3 Å². The first-order chi connectivity index (χ1) is 14.4. The summed E-state index contributed by atoms with van der Waals surface area (Å²) in [6.07, 6.45) is 2.64. The number of rotatable bonds is 8. The largest absolute Gasteiger partial charge is 0.332 e. The van der Waals surface area contributed by atoms with E-state index >= 15 is 0 Å². The molecule has 9 heteroatoms. The summed E-state index contributed by atoms with van der Waals surface area (Å²) < 4.78 is 4.30. The molecule has 0 aliphatic rings. The fraction of sp³-hybridized carbons (Fsp3) is 0.429. The van der Waals surface area contributed by atoms with E-state index in [9.17, 15) is 14.4 Å². The van der Waals surface area contributed by atoms with Crippen molar-refractivity contribution >= 4 is 34.5 Å². The van der Waals surface area contributed by atoms with E-state index in [1.165, 1.54) is 23.4 Å². The number of nitrogens with zero attached hydrogens (tertiary/aromatic N) is 4. The molecule has 1 amide bonds. The molecule has 0 radical (unpaired) electrons. The molecule has 0 saturated carbocycles. The molecule has 0 saturated heterocycles. The number of benzene rings is 1. The summed E-state index contributed by atoms with van der Waals surface area (Å²) >= 11 is 1.27. The number of imidazole rings is 1. The van der Waals surface area contributed by atoms with Crippen LogP contribution >= 0.6 is 11.8 Å². The van der Waals surface area contributed by atoms with Gasteiger partial charge in [0.25, 0.3) is 5.56 Å². The normalized spacial score (nSPS) is 11.2. The lowest BCUT2D eigenvalue weighted by atomic mass is 10.1.